The summed E-state index contributed by atoms with van der Waals surface area (Å²) >= 11 is 0. The van der Waals surface area contributed by atoms with Gasteiger partial charge in [-0.1, -0.05) is 83.7 Å². The number of aliphatic hydroxyl groups excluding tert-OH is 1. The maximum atomic E-state index is 14.3. The van der Waals surface area contributed by atoms with Crippen molar-refractivity contribution in [2.45, 2.75) is 128 Å². The number of amides is 6. The van der Waals surface area contributed by atoms with E-state index < -0.39 is 77.2 Å². The van der Waals surface area contributed by atoms with Crippen LogP contribution in [0.1, 0.15) is 102 Å². The lowest BCUT2D eigenvalue weighted by molar-refractivity contribution is -0.135. The minimum atomic E-state index is -1.50. The molecule has 1 saturated heterocycles. The number of rotatable bonds is 16. The third kappa shape index (κ3) is 12.2. The van der Waals surface area contributed by atoms with Gasteiger partial charge in [-0.15, -0.1) is 0 Å². The van der Waals surface area contributed by atoms with Crippen LogP contribution in [0.5, 0.6) is 0 Å². The lowest BCUT2D eigenvalue weighted by atomic mass is 9.82. The number of likely N-dealkylation sites (tertiary alicyclic amines) is 1. The molecule has 2 aliphatic carbocycles. The number of nitrogens with one attached hydrogen (secondary N) is 5. The molecule has 0 bridgehead atoms. The summed E-state index contributed by atoms with van der Waals surface area (Å²) in [6.07, 6.45) is 8.77. The number of benzene rings is 1. The van der Waals surface area contributed by atoms with Gasteiger partial charge in [0.1, 0.15) is 24.4 Å². The zero-order valence-corrected chi connectivity index (χ0v) is 33.4. The highest BCUT2D eigenvalue weighted by molar-refractivity contribution is 5.97. The van der Waals surface area contributed by atoms with E-state index >= 15 is 0 Å². The first-order valence-corrected chi connectivity index (χ1v) is 20.2. The Kier molecular flexibility index (Phi) is 15.0. The maximum Gasteiger partial charge on any atom is 0.410 e. The molecule has 310 valence electrons. The lowest BCUT2D eigenvalue weighted by Gasteiger charge is -2.35. The normalized spacial score (nSPS) is 20.6. The van der Waals surface area contributed by atoms with Crippen LogP contribution in [-0.4, -0.2) is 105 Å². The van der Waals surface area contributed by atoms with Gasteiger partial charge < -0.3 is 41.3 Å². The fourth-order valence-electron chi connectivity index (χ4n) is 7.45. The van der Waals surface area contributed by atoms with Gasteiger partial charge in [0, 0.05) is 31.5 Å². The van der Waals surface area contributed by atoms with Gasteiger partial charge in [-0.25, -0.2) is 9.78 Å². The summed E-state index contributed by atoms with van der Waals surface area (Å²) in [5.74, 6) is -3.96. The molecule has 2 saturated carbocycles. The summed E-state index contributed by atoms with van der Waals surface area (Å²) in [7, 11) is 0. The zero-order valence-electron chi connectivity index (χ0n) is 33.4. The molecule has 6 amide bonds. The van der Waals surface area contributed by atoms with Crippen LogP contribution in [0.15, 0.2) is 48.9 Å². The highest BCUT2D eigenvalue weighted by Gasteiger charge is 2.45. The maximum absolute atomic E-state index is 14.3. The number of carbonyl (C=O) groups excluding carboxylic acids is 6. The molecule has 0 spiro atoms. The molecule has 1 aromatic carbocycles. The van der Waals surface area contributed by atoms with Gasteiger partial charge in [0.05, 0.1) is 24.2 Å². The minimum Gasteiger partial charge on any atom is -0.445 e. The topological polar surface area (TPSA) is 221 Å². The molecule has 6 atom stereocenters. The Morgan fingerprint density at radius 2 is 1.60 bits per heavy atom. The quantitative estimate of drug-likeness (QED) is 0.146. The molecule has 16 heteroatoms. The second-order valence-electron chi connectivity index (χ2n) is 16.5. The first-order chi connectivity index (χ1) is 27.2. The highest BCUT2D eigenvalue weighted by Crippen LogP contribution is 2.29. The van der Waals surface area contributed by atoms with E-state index in [2.05, 4.69) is 36.6 Å². The zero-order chi connectivity index (χ0) is 41.1. The Morgan fingerprint density at radius 3 is 2.23 bits per heavy atom. The standard InChI is InChI=1S/C41H58N8O8/c1-5-12-29(33(50)38(54)44-27-17-18-27)45-35(51)28-22-49(40(56)57-24-25-13-8-6-9-14-25)23-31(28)46-39(55)34(41(2,3)4)48-37(53)32(26-15-10-7-11-16-26)47-36(52)30-21-42-19-20-43-30/h6,8-9,13-14,19-21,26-29,31-34,50H,5,7,10-12,15-18,22-24H2,1-4H3,(H,44,54)(H,45,51)(H,46,55)(H,47,52)(H,48,53)/t28?,29-,31-,32-,33?,34?/m0/s1. The predicted molar refractivity (Wildman–Crippen MR) is 209 cm³/mol. The van der Waals surface area contributed by atoms with Gasteiger partial charge in [0.2, 0.25) is 17.7 Å². The molecule has 3 unspecified atom stereocenters. The van der Waals surface area contributed by atoms with Crippen LogP contribution >= 0.6 is 0 Å². The van der Waals surface area contributed by atoms with Gasteiger partial charge in [0.25, 0.3) is 11.8 Å². The minimum absolute atomic E-state index is 0.00138. The molecule has 6 N–H and O–H groups in total. The van der Waals surface area contributed by atoms with Crippen LogP contribution in [0, 0.1) is 17.3 Å². The van der Waals surface area contributed by atoms with E-state index in [1.807, 2.05) is 37.3 Å². The van der Waals surface area contributed by atoms with Crippen molar-refractivity contribution in [2.75, 3.05) is 13.1 Å². The third-order valence-corrected chi connectivity index (χ3v) is 10.8. The van der Waals surface area contributed by atoms with Crippen LogP contribution in [0.4, 0.5) is 4.79 Å². The van der Waals surface area contributed by atoms with Crippen molar-refractivity contribution in [3.8, 4) is 0 Å². The molecule has 1 aliphatic heterocycles. The van der Waals surface area contributed by atoms with Gasteiger partial charge in [-0.05, 0) is 49.0 Å². The SMILES string of the molecule is CCC[C@H](NC(=O)C1CN(C(=O)OCc2ccccc2)C[C@@H]1NC(=O)C(NC(=O)[C@@H](NC(=O)c1cnccn1)C1CCCCC1)C(C)(C)C)C(O)C(=O)NC1CC1. The van der Waals surface area contributed by atoms with E-state index in [0.717, 1.165) is 50.5 Å². The molecule has 1 aromatic heterocycles. The Balaban J connectivity index is 1.34. The van der Waals surface area contributed by atoms with Crippen LogP contribution < -0.4 is 26.6 Å². The molecular weight excluding hydrogens is 732 g/mol. The molecular formula is C41H58N8O8. The predicted octanol–water partition coefficient (Wildman–Crippen LogP) is 2.36. The van der Waals surface area contributed by atoms with Gasteiger partial charge >= 0.3 is 6.09 Å². The molecule has 57 heavy (non-hydrogen) atoms. The number of ether oxygens (including phenoxy) is 1. The van der Waals surface area contributed by atoms with Crippen LogP contribution in [-0.2, 0) is 30.5 Å². The van der Waals surface area contributed by atoms with E-state index in [4.69, 9.17) is 4.74 Å². The second kappa shape index (κ2) is 19.8. The van der Waals surface area contributed by atoms with Crippen molar-refractivity contribution in [2.24, 2.45) is 17.3 Å². The largest absolute Gasteiger partial charge is 0.445 e. The number of hydrogen-bond acceptors (Lipinski definition) is 10. The van der Waals surface area contributed by atoms with E-state index in [1.165, 1.54) is 23.5 Å². The average Bonchev–Trinajstić information content (AvgIpc) is 3.92. The molecule has 5 rings (SSSR count). The average molecular weight is 791 g/mol. The number of nitrogens with zero attached hydrogens (tertiary/aromatic N) is 3. The first kappa shape index (κ1) is 43.0. The number of aliphatic hydroxyl groups is 1. The van der Waals surface area contributed by atoms with Gasteiger partial charge in [0.15, 0.2) is 6.10 Å². The first-order valence-electron chi connectivity index (χ1n) is 20.2. The van der Waals surface area contributed by atoms with Crippen molar-refractivity contribution in [1.82, 2.24) is 41.5 Å². The van der Waals surface area contributed by atoms with E-state index in [0.29, 0.717) is 12.8 Å². The number of carbonyl (C=O) groups is 6. The summed E-state index contributed by atoms with van der Waals surface area (Å²) < 4.78 is 5.58. The fraction of sp³-hybridized carbons (Fsp3) is 0.610. The van der Waals surface area contributed by atoms with E-state index in [9.17, 15) is 33.9 Å². The Bertz CT molecular complexity index is 1700. The van der Waals surface area contributed by atoms with Crippen LogP contribution in [0.2, 0.25) is 0 Å². The number of hydrogen-bond donors (Lipinski definition) is 6. The molecule has 16 nitrogen and oxygen atoms in total. The summed E-state index contributed by atoms with van der Waals surface area (Å²) in [5, 5.41) is 25.3. The van der Waals surface area contributed by atoms with Crippen LogP contribution in [0.25, 0.3) is 0 Å². The van der Waals surface area contributed by atoms with Gasteiger partial charge in [-0.3, -0.25) is 29.0 Å². The highest BCUT2D eigenvalue weighted by atomic mass is 16.6. The molecule has 2 heterocycles. The van der Waals surface area contributed by atoms with Crippen molar-refractivity contribution < 1.29 is 38.6 Å². The smallest absolute Gasteiger partial charge is 0.410 e. The van der Waals surface area contributed by atoms with Crippen LogP contribution in [0.3, 0.4) is 0 Å². The van der Waals surface area contributed by atoms with E-state index in [1.54, 1.807) is 20.8 Å². The summed E-state index contributed by atoms with van der Waals surface area (Å²) in [6, 6.07) is 5.24. The van der Waals surface area contributed by atoms with Crippen molar-refractivity contribution in [3.63, 3.8) is 0 Å². The monoisotopic (exact) mass is 790 g/mol. The van der Waals surface area contributed by atoms with E-state index in [-0.39, 0.29) is 37.4 Å². The third-order valence-electron chi connectivity index (χ3n) is 10.8. The fourth-order valence-corrected chi connectivity index (χ4v) is 7.45. The molecule has 3 fully saturated rings. The second-order valence-corrected chi connectivity index (χ2v) is 16.5. The summed E-state index contributed by atoms with van der Waals surface area (Å²) in [4.78, 5) is 91.3. The van der Waals surface area contributed by atoms with Crippen molar-refractivity contribution in [1.29, 1.82) is 0 Å². The summed E-state index contributed by atoms with van der Waals surface area (Å²) in [6.45, 7) is 7.05. The molecule has 0 radical (unpaired) electrons. The van der Waals surface area contributed by atoms with Gasteiger partial charge in [-0.2, -0.15) is 0 Å². The Morgan fingerprint density at radius 1 is 0.877 bits per heavy atom. The summed E-state index contributed by atoms with van der Waals surface area (Å²) in [5.41, 5.74) is 0.000841. The van der Waals surface area contributed by atoms with Crippen molar-refractivity contribution in [3.05, 3.63) is 60.2 Å². The Hall–Kier alpha value is -5.12. The Labute approximate surface area is 334 Å². The van der Waals surface area contributed by atoms with Crippen molar-refractivity contribution >= 4 is 35.6 Å². The molecule has 3 aliphatic rings. The molecule has 2 aromatic rings. The number of aromatic nitrogens is 2. The lowest BCUT2D eigenvalue weighted by Crippen LogP contribution is -2.61.